The standard InChI is InChI=1S/C10H6BrF4NO3/c1-10(14,15)9(19)16-7-3(8(17)18)2-4(12)5(11)6(7)13/h2H,1H3,(H,16,19)(H,17,18). The monoisotopic (exact) mass is 343 g/mol. The number of carbonyl (C=O) groups is 2. The highest BCUT2D eigenvalue weighted by Crippen LogP contribution is 2.31. The van der Waals surface area contributed by atoms with E-state index in [1.165, 1.54) is 5.32 Å². The molecule has 1 amide bonds. The van der Waals surface area contributed by atoms with E-state index < -0.39 is 45.2 Å². The van der Waals surface area contributed by atoms with Gasteiger partial charge in [0.05, 0.1) is 15.7 Å². The number of carboxylic acids is 1. The molecule has 0 fully saturated rings. The van der Waals surface area contributed by atoms with Gasteiger partial charge in [-0.15, -0.1) is 0 Å². The Kier molecular flexibility index (Phi) is 4.18. The first-order chi connectivity index (χ1) is 8.55. The molecule has 4 nitrogen and oxygen atoms in total. The Morgan fingerprint density at radius 1 is 1.37 bits per heavy atom. The van der Waals surface area contributed by atoms with Gasteiger partial charge in [-0.3, -0.25) is 4.79 Å². The van der Waals surface area contributed by atoms with Crippen LogP contribution in [0.4, 0.5) is 23.2 Å². The average molecular weight is 344 g/mol. The molecule has 104 valence electrons. The zero-order chi connectivity index (χ0) is 15.0. The Hall–Kier alpha value is -1.64. The molecule has 0 aliphatic carbocycles. The van der Waals surface area contributed by atoms with Crippen LogP contribution >= 0.6 is 15.9 Å². The van der Waals surface area contributed by atoms with Crippen LogP contribution < -0.4 is 5.32 Å². The van der Waals surface area contributed by atoms with E-state index in [2.05, 4.69) is 15.9 Å². The van der Waals surface area contributed by atoms with Crippen molar-refractivity contribution in [2.24, 2.45) is 0 Å². The summed E-state index contributed by atoms with van der Waals surface area (Å²) in [5, 5.41) is 10.2. The largest absolute Gasteiger partial charge is 0.478 e. The van der Waals surface area contributed by atoms with Crippen LogP contribution in [0.5, 0.6) is 0 Å². The van der Waals surface area contributed by atoms with Crippen LogP contribution in [-0.4, -0.2) is 22.9 Å². The van der Waals surface area contributed by atoms with Crippen molar-refractivity contribution in [1.82, 2.24) is 0 Å². The Bertz CT molecular complexity index is 557. The number of carbonyl (C=O) groups excluding carboxylic acids is 1. The number of alkyl halides is 2. The maximum atomic E-state index is 13.6. The molecule has 0 spiro atoms. The van der Waals surface area contributed by atoms with Gasteiger partial charge in [-0.1, -0.05) is 0 Å². The maximum absolute atomic E-state index is 13.6. The van der Waals surface area contributed by atoms with Crippen molar-refractivity contribution in [3.63, 3.8) is 0 Å². The molecule has 2 N–H and O–H groups in total. The molecule has 0 atom stereocenters. The van der Waals surface area contributed by atoms with E-state index >= 15 is 0 Å². The number of aromatic carboxylic acids is 1. The number of rotatable bonds is 3. The van der Waals surface area contributed by atoms with Gasteiger partial charge in [-0.25, -0.2) is 13.6 Å². The number of anilines is 1. The molecule has 1 aromatic carbocycles. The molecule has 0 bridgehead atoms. The first-order valence-corrected chi connectivity index (χ1v) is 5.45. The minimum atomic E-state index is -3.84. The smallest absolute Gasteiger partial charge is 0.338 e. The Labute approximate surface area is 112 Å². The van der Waals surface area contributed by atoms with Crippen LogP contribution in [0.2, 0.25) is 0 Å². The van der Waals surface area contributed by atoms with Crippen molar-refractivity contribution >= 4 is 33.5 Å². The van der Waals surface area contributed by atoms with Gasteiger partial charge < -0.3 is 10.4 Å². The van der Waals surface area contributed by atoms with Crippen molar-refractivity contribution in [1.29, 1.82) is 0 Å². The second kappa shape index (κ2) is 5.16. The van der Waals surface area contributed by atoms with Crippen molar-refractivity contribution < 1.29 is 32.3 Å². The molecule has 0 saturated heterocycles. The van der Waals surface area contributed by atoms with Crippen molar-refractivity contribution in [3.05, 3.63) is 27.7 Å². The summed E-state index contributed by atoms with van der Waals surface area (Å²) in [6, 6.07) is 0.402. The van der Waals surface area contributed by atoms with Crippen molar-refractivity contribution in [2.75, 3.05) is 5.32 Å². The lowest BCUT2D eigenvalue weighted by Crippen LogP contribution is -2.32. The summed E-state index contributed by atoms with van der Waals surface area (Å²) in [6.45, 7) is 0.249. The molecular formula is C10H6BrF4NO3. The van der Waals surface area contributed by atoms with E-state index in [-0.39, 0.29) is 6.92 Å². The number of hydrogen-bond acceptors (Lipinski definition) is 2. The van der Waals surface area contributed by atoms with Crippen molar-refractivity contribution in [3.8, 4) is 0 Å². The van der Waals surface area contributed by atoms with Gasteiger partial charge in [0.25, 0.3) is 5.91 Å². The predicted molar refractivity (Wildman–Crippen MR) is 60.3 cm³/mol. The van der Waals surface area contributed by atoms with Crippen LogP contribution in [0.1, 0.15) is 17.3 Å². The molecule has 0 aliphatic heterocycles. The van der Waals surface area contributed by atoms with E-state index in [9.17, 15) is 27.2 Å². The molecule has 9 heteroatoms. The molecule has 0 unspecified atom stereocenters. The van der Waals surface area contributed by atoms with Gasteiger partial charge in [-0.05, 0) is 22.0 Å². The minimum absolute atomic E-state index is 0.249. The highest BCUT2D eigenvalue weighted by Gasteiger charge is 2.34. The van der Waals surface area contributed by atoms with Crippen LogP contribution in [0.15, 0.2) is 10.5 Å². The van der Waals surface area contributed by atoms with Crippen LogP contribution in [0.3, 0.4) is 0 Å². The topological polar surface area (TPSA) is 66.4 Å². The lowest BCUT2D eigenvalue weighted by atomic mass is 10.1. The zero-order valence-electron chi connectivity index (χ0n) is 9.23. The van der Waals surface area contributed by atoms with Crippen LogP contribution in [0, 0.1) is 11.6 Å². The first kappa shape index (κ1) is 15.4. The van der Waals surface area contributed by atoms with E-state index in [1.807, 2.05) is 0 Å². The molecule has 1 rings (SSSR count). The number of nitrogens with one attached hydrogen (secondary N) is 1. The Morgan fingerprint density at radius 3 is 2.32 bits per heavy atom. The van der Waals surface area contributed by atoms with E-state index in [0.717, 1.165) is 0 Å². The third-order valence-corrected chi connectivity index (χ3v) is 2.76. The molecule has 0 heterocycles. The predicted octanol–water partition coefficient (Wildman–Crippen LogP) is 3.02. The lowest BCUT2D eigenvalue weighted by molar-refractivity contribution is -0.137. The SMILES string of the molecule is CC(F)(F)C(=O)Nc1c(C(=O)O)cc(F)c(Br)c1F. The molecular weight excluding hydrogens is 338 g/mol. The van der Waals surface area contributed by atoms with Gasteiger partial charge in [0.1, 0.15) is 5.82 Å². The van der Waals surface area contributed by atoms with E-state index in [4.69, 9.17) is 5.11 Å². The second-order valence-electron chi connectivity index (χ2n) is 3.56. The third kappa shape index (κ3) is 3.22. The molecule has 0 radical (unpaired) electrons. The van der Waals surface area contributed by atoms with Crippen LogP contribution in [0.25, 0.3) is 0 Å². The fourth-order valence-electron chi connectivity index (χ4n) is 1.11. The van der Waals surface area contributed by atoms with Gasteiger partial charge in [-0.2, -0.15) is 8.78 Å². The summed E-state index contributed by atoms with van der Waals surface area (Å²) in [5.41, 5.74) is -2.01. The summed E-state index contributed by atoms with van der Waals surface area (Å²) in [5.74, 6) is -10.3. The third-order valence-electron chi connectivity index (χ3n) is 2.03. The summed E-state index contributed by atoms with van der Waals surface area (Å²) in [7, 11) is 0. The fourth-order valence-corrected chi connectivity index (χ4v) is 1.42. The zero-order valence-corrected chi connectivity index (χ0v) is 10.8. The first-order valence-electron chi connectivity index (χ1n) is 4.65. The van der Waals surface area contributed by atoms with Gasteiger partial charge in [0.15, 0.2) is 5.82 Å². The van der Waals surface area contributed by atoms with Crippen molar-refractivity contribution in [2.45, 2.75) is 12.8 Å². The quantitative estimate of drug-likeness (QED) is 0.654. The molecule has 0 saturated carbocycles. The van der Waals surface area contributed by atoms with Crippen LogP contribution in [-0.2, 0) is 4.79 Å². The minimum Gasteiger partial charge on any atom is -0.478 e. The summed E-state index contributed by atoms with van der Waals surface area (Å²) >= 11 is 2.47. The van der Waals surface area contributed by atoms with Gasteiger partial charge in [0.2, 0.25) is 0 Å². The molecule has 19 heavy (non-hydrogen) atoms. The second-order valence-corrected chi connectivity index (χ2v) is 4.35. The Balaban J connectivity index is 3.37. The summed E-state index contributed by atoms with van der Waals surface area (Å²) in [6.07, 6.45) is 0. The molecule has 0 aromatic heterocycles. The number of hydrogen-bond donors (Lipinski definition) is 2. The number of benzene rings is 1. The van der Waals surface area contributed by atoms with Gasteiger partial charge >= 0.3 is 11.9 Å². The lowest BCUT2D eigenvalue weighted by Gasteiger charge is -2.14. The van der Waals surface area contributed by atoms with E-state index in [1.54, 1.807) is 0 Å². The normalized spacial score (nSPS) is 11.3. The highest BCUT2D eigenvalue weighted by atomic mass is 79.9. The van der Waals surface area contributed by atoms with E-state index in [0.29, 0.717) is 6.07 Å². The number of amides is 1. The molecule has 0 aliphatic rings. The maximum Gasteiger partial charge on any atom is 0.338 e. The fraction of sp³-hybridized carbons (Fsp3) is 0.200. The number of carboxylic acid groups (broad SMARTS) is 1. The summed E-state index contributed by atoms with van der Waals surface area (Å²) < 4.78 is 51.3. The number of halogens is 5. The molecule has 1 aromatic rings. The Morgan fingerprint density at radius 2 is 1.89 bits per heavy atom. The van der Waals surface area contributed by atoms with Gasteiger partial charge in [0, 0.05) is 6.92 Å². The highest BCUT2D eigenvalue weighted by molar-refractivity contribution is 9.10. The summed E-state index contributed by atoms with van der Waals surface area (Å²) in [4.78, 5) is 21.8. The average Bonchev–Trinajstić information content (AvgIpc) is 2.27.